The van der Waals surface area contributed by atoms with E-state index < -0.39 is 0 Å². The lowest BCUT2D eigenvalue weighted by Crippen LogP contribution is -2.28. The smallest absolute Gasteiger partial charge is 0.274 e. The highest BCUT2D eigenvalue weighted by molar-refractivity contribution is 5.97. The molecule has 0 spiro atoms. The van der Waals surface area contributed by atoms with Gasteiger partial charge < -0.3 is 15.8 Å². The first-order valence-electron chi connectivity index (χ1n) is 6.43. The summed E-state index contributed by atoms with van der Waals surface area (Å²) in [4.78, 5) is 11.9. The average molecular weight is 264 g/mol. The number of nitrogen functional groups attached to an aromatic ring is 1. The van der Waals surface area contributed by atoms with Crippen LogP contribution in [0.15, 0.2) is 12.2 Å². The van der Waals surface area contributed by atoms with Gasteiger partial charge in [-0.1, -0.05) is 12.2 Å². The van der Waals surface area contributed by atoms with Crippen LogP contribution in [0.4, 0.5) is 5.69 Å². The van der Waals surface area contributed by atoms with Crippen molar-refractivity contribution >= 4 is 11.6 Å². The number of nitrogens with two attached hydrogens (primary N) is 1. The van der Waals surface area contributed by atoms with E-state index in [1.807, 2.05) is 6.92 Å². The van der Waals surface area contributed by atoms with Gasteiger partial charge in [0.25, 0.3) is 5.91 Å². The molecule has 0 bridgehead atoms. The van der Waals surface area contributed by atoms with Crippen molar-refractivity contribution in [3.63, 3.8) is 0 Å². The van der Waals surface area contributed by atoms with Crippen molar-refractivity contribution in [2.24, 2.45) is 0 Å². The number of H-pyrrole nitrogens is 1. The summed E-state index contributed by atoms with van der Waals surface area (Å²) in [6.07, 6.45) is 2.23. The third-order valence-electron chi connectivity index (χ3n) is 2.91. The Bertz CT molecular complexity index is 477. The number of rotatable bonds is 7. The predicted octanol–water partition coefficient (Wildman–Crippen LogP) is 1.19. The number of amides is 1. The Kier molecular flexibility index (Phi) is 4.21. The largest absolute Gasteiger partial charge is 0.395 e. The van der Waals surface area contributed by atoms with Gasteiger partial charge in [-0.05, 0) is 19.8 Å². The molecule has 0 aromatic carbocycles. The summed E-state index contributed by atoms with van der Waals surface area (Å²) in [5, 5.41) is 9.57. The third-order valence-corrected chi connectivity index (χ3v) is 2.91. The molecule has 6 nitrogen and oxygen atoms in total. The van der Waals surface area contributed by atoms with E-state index in [1.165, 1.54) is 0 Å². The van der Waals surface area contributed by atoms with Crippen LogP contribution < -0.4 is 11.1 Å². The van der Waals surface area contributed by atoms with Crippen molar-refractivity contribution in [2.75, 3.05) is 25.5 Å². The highest BCUT2D eigenvalue weighted by Gasteiger charge is 2.30. The van der Waals surface area contributed by atoms with Crippen molar-refractivity contribution < 1.29 is 9.53 Å². The van der Waals surface area contributed by atoms with Gasteiger partial charge in [-0.25, -0.2) is 0 Å². The summed E-state index contributed by atoms with van der Waals surface area (Å²) in [5.74, 6) is 0.188. The van der Waals surface area contributed by atoms with Gasteiger partial charge in [-0.3, -0.25) is 9.89 Å². The Hall–Kier alpha value is -1.82. The fourth-order valence-electron chi connectivity index (χ4n) is 1.79. The van der Waals surface area contributed by atoms with Crippen molar-refractivity contribution in [3.8, 4) is 0 Å². The van der Waals surface area contributed by atoms with Gasteiger partial charge >= 0.3 is 0 Å². The lowest BCUT2D eigenvalue weighted by atomic mass is 10.2. The number of ether oxygens (including phenoxy) is 1. The molecule has 6 heteroatoms. The van der Waals surface area contributed by atoms with Crippen LogP contribution in [0.25, 0.3) is 0 Å². The lowest BCUT2D eigenvalue weighted by Gasteiger charge is -2.05. The molecule has 1 aromatic heterocycles. The predicted molar refractivity (Wildman–Crippen MR) is 72.9 cm³/mol. The Balaban J connectivity index is 1.78. The molecule has 1 saturated carbocycles. The fourth-order valence-corrected chi connectivity index (χ4v) is 1.79. The molecular formula is C13H20N4O2. The number of nitrogens with one attached hydrogen (secondary N) is 2. The standard InChI is InChI=1S/C13H20N4O2/c1-8(2)7-19-6-5-15-13(18)12-10(14)11(16-17-12)9-3-4-9/h9H,1,3-7,14H2,2H3,(H,15,18)(H,16,17). The first-order valence-corrected chi connectivity index (χ1v) is 6.43. The molecule has 0 aliphatic heterocycles. The second-order valence-corrected chi connectivity index (χ2v) is 4.94. The van der Waals surface area contributed by atoms with Crippen molar-refractivity contribution in [2.45, 2.75) is 25.7 Å². The normalized spacial score (nSPS) is 14.4. The van der Waals surface area contributed by atoms with E-state index >= 15 is 0 Å². The average Bonchev–Trinajstić information content (AvgIpc) is 3.12. The molecule has 19 heavy (non-hydrogen) atoms. The topological polar surface area (TPSA) is 93.0 Å². The third kappa shape index (κ3) is 3.57. The Morgan fingerprint density at radius 2 is 2.37 bits per heavy atom. The fraction of sp³-hybridized carbons (Fsp3) is 0.538. The van der Waals surface area contributed by atoms with Gasteiger partial charge in [0.05, 0.1) is 24.6 Å². The quantitative estimate of drug-likeness (QED) is 0.509. The van der Waals surface area contributed by atoms with Crippen molar-refractivity contribution in [1.29, 1.82) is 0 Å². The van der Waals surface area contributed by atoms with Crippen LogP contribution in [0.3, 0.4) is 0 Å². The van der Waals surface area contributed by atoms with E-state index in [-0.39, 0.29) is 11.6 Å². The van der Waals surface area contributed by atoms with Crippen LogP contribution in [0.1, 0.15) is 41.9 Å². The number of aromatic amines is 1. The van der Waals surface area contributed by atoms with Gasteiger partial charge in [0.15, 0.2) is 5.69 Å². The van der Waals surface area contributed by atoms with E-state index in [0.29, 0.717) is 31.4 Å². The second-order valence-electron chi connectivity index (χ2n) is 4.94. The highest BCUT2D eigenvalue weighted by Crippen LogP contribution is 2.42. The number of nitrogens with zero attached hydrogens (tertiary/aromatic N) is 1. The molecule has 1 amide bonds. The zero-order valence-corrected chi connectivity index (χ0v) is 11.2. The molecule has 0 radical (unpaired) electrons. The minimum atomic E-state index is -0.264. The van der Waals surface area contributed by atoms with E-state index in [2.05, 4.69) is 22.1 Å². The van der Waals surface area contributed by atoms with Crippen LogP contribution in [0.2, 0.25) is 0 Å². The van der Waals surface area contributed by atoms with E-state index in [9.17, 15) is 4.79 Å². The molecule has 0 atom stereocenters. The van der Waals surface area contributed by atoms with E-state index in [4.69, 9.17) is 10.5 Å². The van der Waals surface area contributed by atoms with Crippen LogP contribution in [0.5, 0.6) is 0 Å². The van der Waals surface area contributed by atoms with E-state index in [0.717, 1.165) is 24.1 Å². The van der Waals surface area contributed by atoms with Crippen LogP contribution in [0, 0.1) is 0 Å². The minimum Gasteiger partial charge on any atom is -0.395 e. The molecule has 4 N–H and O–H groups in total. The molecular weight excluding hydrogens is 244 g/mol. The monoisotopic (exact) mass is 264 g/mol. The number of aromatic nitrogens is 2. The summed E-state index contributed by atoms with van der Waals surface area (Å²) in [6.45, 7) is 7.00. The maximum absolute atomic E-state index is 11.9. The van der Waals surface area contributed by atoms with Gasteiger partial charge in [-0.15, -0.1) is 0 Å². The first-order chi connectivity index (χ1) is 9.09. The lowest BCUT2D eigenvalue weighted by molar-refractivity contribution is 0.0922. The molecule has 2 rings (SSSR count). The first kappa shape index (κ1) is 13.6. The molecule has 1 fully saturated rings. The van der Waals surface area contributed by atoms with Crippen molar-refractivity contribution in [1.82, 2.24) is 15.5 Å². The molecule has 1 aliphatic rings. The molecule has 1 aliphatic carbocycles. The molecule has 1 aromatic rings. The Labute approximate surface area is 112 Å². The van der Waals surface area contributed by atoms with Crippen LogP contribution in [-0.4, -0.2) is 35.9 Å². The zero-order valence-electron chi connectivity index (χ0n) is 11.2. The zero-order chi connectivity index (χ0) is 13.8. The van der Waals surface area contributed by atoms with Gasteiger partial charge in [0, 0.05) is 12.5 Å². The summed E-state index contributed by atoms with van der Waals surface area (Å²) in [7, 11) is 0. The van der Waals surface area contributed by atoms with Gasteiger partial charge in [-0.2, -0.15) is 5.10 Å². The summed E-state index contributed by atoms with van der Waals surface area (Å²) >= 11 is 0. The maximum atomic E-state index is 11.9. The van der Waals surface area contributed by atoms with Crippen molar-refractivity contribution in [3.05, 3.63) is 23.5 Å². The maximum Gasteiger partial charge on any atom is 0.274 e. The number of carbonyl (C=O) groups is 1. The summed E-state index contributed by atoms with van der Waals surface area (Å²) in [6, 6.07) is 0. The van der Waals surface area contributed by atoms with Gasteiger partial charge in [0.1, 0.15) is 0 Å². The van der Waals surface area contributed by atoms with Crippen LogP contribution >= 0.6 is 0 Å². The Morgan fingerprint density at radius 3 is 3.00 bits per heavy atom. The highest BCUT2D eigenvalue weighted by atomic mass is 16.5. The molecule has 0 saturated heterocycles. The Morgan fingerprint density at radius 1 is 1.63 bits per heavy atom. The second kappa shape index (κ2) is 5.88. The summed E-state index contributed by atoms with van der Waals surface area (Å²) < 4.78 is 5.29. The minimum absolute atomic E-state index is 0.264. The molecule has 104 valence electrons. The molecule has 0 unspecified atom stereocenters. The number of carbonyl (C=O) groups excluding carboxylic acids is 1. The van der Waals surface area contributed by atoms with E-state index in [1.54, 1.807) is 0 Å². The number of hydrogen-bond acceptors (Lipinski definition) is 4. The molecule has 1 heterocycles. The summed E-state index contributed by atoms with van der Waals surface area (Å²) in [5.41, 5.74) is 8.52. The van der Waals surface area contributed by atoms with Crippen LogP contribution in [-0.2, 0) is 4.74 Å². The number of hydrogen-bond donors (Lipinski definition) is 3. The SMILES string of the molecule is C=C(C)COCCNC(=O)c1n[nH]c(C2CC2)c1N. The van der Waals surface area contributed by atoms with Gasteiger partial charge in [0.2, 0.25) is 0 Å². The number of anilines is 1.